The molecule has 6 atom stereocenters. The number of hydrogen-bond donors (Lipinski definition) is 0. The van der Waals surface area contributed by atoms with Crippen LogP contribution in [-0.2, 0) is 0 Å². The third-order valence-corrected chi connectivity index (χ3v) is 7.04. The number of rotatable bonds is 6. The number of allylic oxidation sites excluding steroid dienone is 1. The lowest BCUT2D eigenvalue weighted by molar-refractivity contribution is 0.268. The van der Waals surface area contributed by atoms with Crippen molar-refractivity contribution in [1.29, 1.82) is 0 Å². The van der Waals surface area contributed by atoms with E-state index >= 15 is 0 Å². The normalized spacial score (nSPS) is 41.2. The molecule has 0 radical (unpaired) electrons. The lowest BCUT2D eigenvalue weighted by Crippen LogP contribution is -2.34. The molecule has 3 rings (SSSR count). The van der Waals surface area contributed by atoms with Crippen molar-refractivity contribution in [2.75, 3.05) is 6.67 Å². The minimum absolute atomic E-state index is 0.238. The van der Waals surface area contributed by atoms with Gasteiger partial charge in [0.15, 0.2) is 0 Å². The largest absolute Gasteiger partial charge is 0.364 e. The predicted octanol–water partition coefficient (Wildman–Crippen LogP) is 5.90. The monoisotopic (exact) mass is 331 g/mol. The van der Waals surface area contributed by atoms with Crippen LogP contribution in [0.3, 0.4) is 0 Å². The van der Waals surface area contributed by atoms with Gasteiger partial charge < -0.3 is 4.90 Å². The Balaban J connectivity index is 1.66. The highest BCUT2D eigenvalue weighted by atomic mass is 19.1. The van der Waals surface area contributed by atoms with Crippen LogP contribution in [0.2, 0.25) is 0 Å². The lowest BCUT2D eigenvalue weighted by atomic mass is 9.85. The van der Waals surface area contributed by atoms with Gasteiger partial charge in [-0.2, -0.15) is 0 Å². The fourth-order valence-corrected chi connectivity index (χ4v) is 4.96. The summed E-state index contributed by atoms with van der Waals surface area (Å²) in [5, 5.41) is 0. The topological polar surface area (TPSA) is 3.24 Å². The van der Waals surface area contributed by atoms with Crippen LogP contribution in [0.15, 0.2) is 36.6 Å². The molecule has 0 aromatic carbocycles. The summed E-state index contributed by atoms with van der Waals surface area (Å²) in [7, 11) is 0. The van der Waals surface area contributed by atoms with E-state index in [9.17, 15) is 4.39 Å². The van der Waals surface area contributed by atoms with Crippen LogP contribution >= 0.6 is 0 Å². The van der Waals surface area contributed by atoms with Crippen LogP contribution in [-0.4, -0.2) is 23.7 Å². The molecule has 1 heterocycles. The Morgan fingerprint density at radius 1 is 1.46 bits per heavy atom. The van der Waals surface area contributed by atoms with Crippen LogP contribution in [0, 0.1) is 23.2 Å². The van der Waals surface area contributed by atoms with E-state index in [0.717, 1.165) is 18.3 Å². The van der Waals surface area contributed by atoms with E-state index in [0.29, 0.717) is 23.8 Å². The van der Waals surface area contributed by atoms with E-state index in [1.165, 1.54) is 31.3 Å². The molecule has 2 heteroatoms. The Bertz CT molecular complexity index is 522. The van der Waals surface area contributed by atoms with Crippen molar-refractivity contribution in [1.82, 2.24) is 4.90 Å². The fourth-order valence-electron chi connectivity index (χ4n) is 4.96. The van der Waals surface area contributed by atoms with Gasteiger partial charge in [0.2, 0.25) is 0 Å². The smallest absolute Gasteiger partial charge is 0.0895 e. The Kier molecular flexibility index (Phi) is 5.22. The summed E-state index contributed by atoms with van der Waals surface area (Å²) in [4.78, 5) is 2.36. The first-order valence-electron chi connectivity index (χ1n) is 9.84. The third kappa shape index (κ3) is 3.48. The summed E-state index contributed by atoms with van der Waals surface area (Å²) in [5.41, 5.74) is 2.10. The maximum atomic E-state index is 12.5. The van der Waals surface area contributed by atoms with Gasteiger partial charge in [0.05, 0.1) is 12.7 Å². The fraction of sp³-hybridized carbons (Fsp3) is 0.727. The van der Waals surface area contributed by atoms with Gasteiger partial charge in [-0.05, 0) is 80.3 Å². The Labute approximate surface area is 147 Å². The summed E-state index contributed by atoms with van der Waals surface area (Å²) < 4.78 is 12.5. The molecule has 24 heavy (non-hydrogen) atoms. The van der Waals surface area contributed by atoms with Crippen LogP contribution in [0.5, 0.6) is 0 Å². The average molecular weight is 332 g/mol. The van der Waals surface area contributed by atoms with E-state index in [1.54, 1.807) is 0 Å². The first kappa shape index (κ1) is 17.8. The predicted molar refractivity (Wildman–Crippen MR) is 100 cm³/mol. The average Bonchev–Trinajstić information content (AvgIpc) is 3.08. The summed E-state index contributed by atoms with van der Waals surface area (Å²) in [6.07, 6.45) is 16.1. The second-order valence-electron chi connectivity index (χ2n) is 8.71. The first-order valence-corrected chi connectivity index (χ1v) is 9.84. The Hall–Kier alpha value is -1.05. The summed E-state index contributed by atoms with van der Waals surface area (Å²) >= 11 is 0. The highest BCUT2D eigenvalue weighted by Crippen LogP contribution is 2.61. The van der Waals surface area contributed by atoms with Crippen LogP contribution in [0.4, 0.5) is 4.39 Å². The molecule has 0 spiro atoms. The van der Waals surface area contributed by atoms with Gasteiger partial charge >= 0.3 is 0 Å². The zero-order valence-corrected chi connectivity index (χ0v) is 15.7. The molecule has 0 N–H and O–H groups in total. The van der Waals surface area contributed by atoms with Crippen molar-refractivity contribution in [2.24, 2.45) is 23.2 Å². The van der Waals surface area contributed by atoms with Crippen molar-refractivity contribution in [3.63, 3.8) is 0 Å². The number of halogens is 1. The number of nitrogens with zero attached hydrogens (tertiary/aromatic N) is 1. The quantitative estimate of drug-likeness (QED) is 0.548. The molecular weight excluding hydrogens is 297 g/mol. The van der Waals surface area contributed by atoms with Gasteiger partial charge in [0.25, 0.3) is 0 Å². The molecule has 2 aliphatic carbocycles. The first-order chi connectivity index (χ1) is 11.5. The molecular formula is C22H34FN. The highest BCUT2D eigenvalue weighted by Gasteiger charge is 2.51. The molecule has 0 aromatic heterocycles. The molecule has 2 saturated carbocycles. The van der Waals surface area contributed by atoms with E-state index < -0.39 is 0 Å². The van der Waals surface area contributed by atoms with Crippen molar-refractivity contribution < 1.29 is 4.39 Å². The van der Waals surface area contributed by atoms with Gasteiger partial charge in [-0.3, -0.25) is 4.39 Å². The summed E-state index contributed by atoms with van der Waals surface area (Å²) in [6.45, 7) is 10.9. The highest BCUT2D eigenvalue weighted by molar-refractivity contribution is 5.32. The molecule has 0 amide bonds. The van der Waals surface area contributed by atoms with Crippen LogP contribution < -0.4 is 0 Å². The molecule has 2 fully saturated rings. The third-order valence-electron chi connectivity index (χ3n) is 7.04. The SMILES string of the molecule is C=C[C@@H](CCCF)N1C=CC(=C[C@H]2CCC3(C)CC3CC2C)[C@@H]1C. The van der Waals surface area contributed by atoms with E-state index in [4.69, 9.17) is 0 Å². The molecule has 0 bridgehead atoms. The molecule has 1 aliphatic heterocycles. The number of alkyl halides is 1. The van der Waals surface area contributed by atoms with Crippen molar-refractivity contribution in [3.05, 3.63) is 36.6 Å². The minimum Gasteiger partial charge on any atom is -0.364 e. The molecule has 3 unspecified atom stereocenters. The molecule has 1 nitrogen and oxygen atoms in total. The van der Waals surface area contributed by atoms with Gasteiger partial charge in [0, 0.05) is 12.2 Å². The van der Waals surface area contributed by atoms with Crippen LogP contribution in [0.25, 0.3) is 0 Å². The molecule has 0 saturated heterocycles. The molecule has 0 aromatic rings. The second-order valence-corrected chi connectivity index (χ2v) is 8.71. The maximum absolute atomic E-state index is 12.5. The second kappa shape index (κ2) is 7.06. The Morgan fingerprint density at radius 3 is 2.96 bits per heavy atom. The van der Waals surface area contributed by atoms with E-state index in [2.05, 4.69) is 50.6 Å². The zero-order chi connectivity index (χ0) is 17.3. The minimum atomic E-state index is -0.238. The summed E-state index contributed by atoms with van der Waals surface area (Å²) in [5.74, 6) is 2.49. The van der Waals surface area contributed by atoms with Gasteiger partial charge in [-0.15, -0.1) is 6.58 Å². The van der Waals surface area contributed by atoms with Crippen molar-refractivity contribution >= 4 is 0 Å². The Morgan fingerprint density at radius 2 is 2.25 bits per heavy atom. The molecule has 134 valence electrons. The summed E-state index contributed by atoms with van der Waals surface area (Å²) in [6, 6.07) is 0.629. The van der Waals surface area contributed by atoms with E-state index in [1.807, 2.05) is 6.08 Å². The lowest BCUT2D eigenvalue weighted by Gasteiger charge is -2.31. The van der Waals surface area contributed by atoms with Gasteiger partial charge in [0.1, 0.15) is 0 Å². The van der Waals surface area contributed by atoms with Gasteiger partial charge in [-0.25, -0.2) is 0 Å². The van der Waals surface area contributed by atoms with Gasteiger partial charge in [-0.1, -0.05) is 26.0 Å². The maximum Gasteiger partial charge on any atom is 0.0895 e. The van der Waals surface area contributed by atoms with E-state index in [-0.39, 0.29) is 12.7 Å². The molecule has 3 aliphatic rings. The van der Waals surface area contributed by atoms with Crippen molar-refractivity contribution in [2.45, 2.75) is 71.4 Å². The van der Waals surface area contributed by atoms with Crippen LogP contribution in [0.1, 0.15) is 59.3 Å². The zero-order valence-electron chi connectivity index (χ0n) is 15.7. The standard InChI is InChI=1S/C22H34FN/c1-5-21(7-6-11-23)24-12-9-19(17(24)3)14-18-8-10-22(4)15-20(22)13-16(18)2/h5,9,12,14,16-18,20-21H,1,6-8,10-11,13,15H2,2-4H3/t16?,17-,18+,20?,21-,22?/m0/s1. The van der Waals surface area contributed by atoms with Crippen molar-refractivity contribution in [3.8, 4) is 0 Å². The number of fused-ring (bicyclic) bond motifs is 1. The number of hydrogen-bond acceptors (Lipinski definition) is 1.